The number of carbonyl (C=O) groups excluding carboxylic acids is 1. The van der Waals surface area contributed by atoms with Crippen LogP contribution >= 0.6 is 11.6 Å². The van der Waals surface area contributed by atoms with E-state index in [0.29, 0.717) is 16.5 Å². The summed E-state index contributed by atoms with van der Waals surface area (Å²) in [5.74, 6) is 0.172. The molecule has 1 N–H and O–H groups in total. The number of aromatic nitrogens is 2. The van der Waals surface area contributed by atoms with Gasteiger partial charge in [-0.1, -0.05) is 11.6 Å². The molecule has 6 heteroatoms. The van der Waals surface area contributed by atoms with Crippen LogP contribution in [-0.2, 0) is 0 Å². The van der Waals surface area contributed by atoms with Crippen LogP contribution in [-0.4, -0.2) is 23.0 Å². The summed E-state index contributed by atoms with van der Waals surface area (Å²) >= 11 is 6.04. The fraction of sp³-hybridized carbons (Fsp3) is 0.154. The first-order valence-electron chi connectivity index (χ1n) is 5.53. The van der Waals surface area contributed by atoms with Crippen molar-refractivity contribution in [2.24, 2.45) is 0 Å². The van der Waals surface area contributed by atoms with Gasteiger partial charge in [0.15, 0.2) is 0 Å². The Bertz CT molecular complexity index is 602. The number of anilines is 1. The molecule has 0 aliphatic rings. The molecule has 0 radical (unpaired) electrons. The summed E-state index contributed by atoms with van der Waals surface area (Å²) in [5.41, 5.74) is 1.59. The molecule has 19 heavy (non-hydrogen) atoms. The predicted octanol–water partition coefficient (Wildman–Crippen LogP) is 2.70. The molecule has 0 aliphatic heterocycles. The van der Waals surface area contributed by atoms with E-state index in [9.17, 15) is 4.79 Å². The highest BCUT2D eigenvalue weighted by Crippen LogP contribution is 2.31. The highest BCUT2D eigenvalue weighted by Gasteiger charge is 2.12. The van der Waals surface area contributed by atoms with Gasteiger partial charge in [-0.3, -0.25) is 9.78 Å². The Morgan fingerprint density at radius 1 is 1.37 bits per heavy atom. The van der Waals surface area contributed by atoms with Gasteiger partial charge in [0.25, 0.3) is 5.91 Å². The highest BCUT2D eigenvalue weighted by molar-refractivity contribution is 6.31. The molecular weight excluding hydrogens is 266 g/mol. The molecule has 1 aromatic heterocycles. The quantitative estimate of drug-likeness (QED) is 0.937. The van der Waals surface area contributed by atoms with Gasteiger partial charge in [0.2, 0.25) is 0 Å². The summed E-state index contributed by atoms with van der Waals surface area (Å²) < 4.78 is 5.21. The maximum absolute atomic E-state index is 12.0. The average molecular weight is 278 g/mol. The van der Waals surface area contributed by atoms with E-state index in [1.54, 1.807) is 12.1 Å². The Balaban J connectivity index is 2.28. The predicted molar refractivity (Wildman–Crippen MR) is 72.7 cm³/mol. The van der Waals surface area contributed by atoms with E-state index in [1.165, 1.54) is 25.7 Å². The molecule has 0 saturated carbocycles. The number of hydrogen-bond donors (Lipinski definition) is 1. The van der Waals surface area contributed by atoms with Crippen LogP contribution in [0.3, 0.4) is 0 Å². The van der Waals surface area contributed by atoms with Crippen LogP contribution in [0.2, 0.25) is 5.02 Å². The number of amides is 1. The zero-order valence-electron chi connectivity index (χ0n) is 10.5. The number of aryl methyl sites for hydroxylation is 1. The second-order valence-corrected chi connectivity index (χ2v) is 4.25. The third-order valence-corrected chi connectivity index (χ3v) is 2.93. The molecular formula is C13H12ClN3O2. The molecule has 0 atom stereocenters. The number of halogens is 1. The molecule has 1 heterocycles. The largest absolute Gasteiger partial charge is 0.495 e. The Labute approximate surface area is 115 Å². The standard InChI is InChI=1S/C13H12ClN3O2/c1-8-5-12(19-2)10(6-9(8)14)17-13(18)11-7-15-3-4-16-11/h3-7H,1-2H3,(H,17,18). The highest BCUT2D eigenvalue weighted by atomic mass is 35.5. The molecule has 1 aromatic carbocycles. The molecule has 0 bridgehead atoms. The first-order valence-corrected chi connectivity index (χ1v) is 5.91. The first-order chi connectivity index (χ1) is 9.11. The number of rotatable bonds is 3. The normalized spacial score (nSPS) is 10.1. The van der Waals surface area contributed by atoms with Crippen LogP contribution in [0.5, 0.6) is 5.75 Å². The van der Waals surface area contributed by atoms with Crippen LogP contribution in [0.25, 0.3) is 0 Å². The number of benzene rings is 1. The third-order valence-electron chi connectivity index (χ3n) is 2.52. The summed E-state index contributed by atoms with van der Waals surface area (Å²) in [6.07, 6.45) is 4.34. The van der Waals surface area contributed by atoms with Crippen molar-refractivity contribution in [3.63, 3.8) is 0 Å². The van der Waals surface area contributed by atoms with Gasteiger partial charge in [0.05, 0.1) is 19.0 Å². The van der Waals surface area contributed by atoms with Crippen molar-refractivity contribution >= 4 is 23.2 Å². The van der Waals surface area contributed by atoms with Crippen LogP contribution in [0.15, 0.2) is 30.7 Å². The SMILES string of the molecule is COc1cc(C)c(Cl)cc1NC(=O)c1cnccn1. The van der Waals surface area contributed by atoms with Crippen LogP contribution in [0.4, 0.5) is 5.69 Å². The van der Waals surface area contributed by atoms with E-state index in [0.717, 1.165) is 5.56 Å². The lowest BCUT2D eigenvalue weighted by atomic mass is 10.2. The topological polar surface area (TPSA) is 64.1 Å². The fourth-order valence-electron chi connectivity index (χ4n) is 1.52. The second kappa shape index (κ2) is 5.67. The molecule has 0 fully saturated rings. The van der Waals surface area contributed by atoms with Gasteiger partial charge >= 0.3 is 0 Å². The van der Waals surface area contributed by atoms with Crippen molar-refractivity contribution in [1.82, 2.24) is 9.97 Å². The molecule has 0 unspecified atom stereocenters. The molecule has 2 aromatic rings. The first kappa shape index (κ1) is 13.3. The number of nitrogens with zero attached hydrogens (tertiary/aromatic N) is 2. The maximum Gasteiger partial charge on any atom is 0.275 e. The lowest BCUT2D eigenvalue weighted by Crippen LogP contribution is -2.14. The summed E-state index contributed by atoms with van der Waals surface area (Å²) in [5, 5.41) is 3.25. The molecule has 5 nitrogen and oxygen atoms in total. The van der Waals surface area contributed by atoms with Gasteiger partial charge in [0.1, 0.15) is 11.4 Å². The Kier molecular flexibility index (Phi) is 3.97. The molecule has 0 saturated heterocycles. The number of ether oxygens (including phenoxy) is 1. The third kappa shape index (κ3) is 3.00. The molecule has 0 spiro atoms. The van der Waals surface area contributed by atoms with Gasteiger partial charge in [-0.05, 0) is 24.6 Å². The van der Waals surface area contributed by atoms with Crippen molar-refractivity contribution in [3.05, 3.63) is 47.0 Å². The number of methoxy groups -OCH3 is 1. The van der Waals surface area contributed by atoms with Crippen molar-refractivity contribution in [3.8, 4) is 5.75 Å². The van der Waals surface area contributed by atoms with Crippen molar-refractivity contribution in [2.75, 3.05) is 12.4 Å². The minimum atomic E-state index is -0.369. The lowest BCUT2D eigenvalue weighted by molar-refractivity contribution is 0.102. The minimum Gasteiger partial charge on any atom is -0.495 e. The van der Waals surface area contributed by atoms with Crippen LogP contribution < -0.4 is 10.1 Å². The van der Waals surface area contributed by atoms with E-state index in [4.69, 9.17) is 16.3 Å². The summed E-state index contributed by atoms with van der Waals surface area (Å²) in [6.45, 7) is 1.86. The fourth-order valence-corrected chi connectivity index (χ4v) is 1.69. The van der Waals surface area contributed by atoms with E-state index >= 15 is 0 Å². The van der Waals surface area contributed by atoms with Gasteiger partial charge in [-0.15, -0.1) is 0 Å². The van der Waals surface area contributed by atoms with Crippen molar-refractivity contribution in [2.45, 2.75) is 6.92 Å². The molecule has 0 aliphatic carbocycles. The average Bonchev–Trinajstić information content (AvgIpc) is 2.43. The molecule has 98 valence electrons. The van der Waals surface area contributed by atoms with Crippen molar-refractivity contribution < 1.29 is 9.53 Å². The summed E-state index contributed by atoms with van der Waals surface area (Å²) in [4.78, 5) is 19.7. The summed E-state index contributed by atoms with van der Waals surface area (Å²) in [6, 6.07) is 3.40. The van der Waals surface area contributed by atoms with Gasteiger partial charge in [0, 0.05) is 17.4 Å². The molecule has 1 amide bonds. The van der Waals surface area contributed by atoms with Gasteiger partial charge in [-0.25, -0.2) is 4.98 Å². The van der Waals surface area contributed by atoms with Gasteiger partial charge in [-0.2, -0.15) is 0 Å². The maximum atomic E-state index is 12.0. The number of hydrogen-bond acceptors (Lipinski definition) is 4. The van der Waals surface area contributed by atoms with E-state index in [-0.39, 0.29) is 11.6 Å². The Morgan fingerprint density at radius 3 is 2.79 bits per heavy atom. The minimum absolute atomic E-state index is 0.223. The van der Waals surface area contributed by atoms with Crippen molar-refractivity contribution in [1.29, 1.82) is 0 Å². The Hall–Kier alpha value is -2.14. The van der Waals surface area contributed by atoms with E-state index in [1.807, 2.05) is 6.92 Å². The zero-order valence-corrected chi connectivity index (χ0v) is 11.2. The second-order valence-electron chi connectivity index (χ2n) is 3.85. The van der Waals surface area contributed by atoms with E-state index < -0.39 is 0 Å². The smallest absolute Gasteiger partial charge is 0.275 e. The number of nitrogens with one attached hydrogen (secondary N) is 1. The molecule has 2 rings (SSSR count). The van der Waals surface area contributed by atoms with E-state index in [2.05, 4.69) is 15.3 Å². The van der Waals surface area contributed by atoms with Gasteiger partial charge < -0.3 is 10.1 Å². The zero-order chi connectivity index (χ0) is 13.8. The van der Waals surface area contributed by atoms with Crippen LogP contribution in [0, 0.1) is 6.92 Å². The van der Waals surface area contributed by atoms with Crippen LogP contribution in [0.1, 0.15) is 16.1 Å². The Morgan fingerprint density at radius 2 is 2.16 bits per heavy atom. The summed E-state index contributed by atoms with van der Waals surface area (Å²) in [7, 11) is 1.53. The number of carbonyl (C=O) groups is 1. The lowest BCUT2D eigenvalue weighted by Gasteiger charge is -2.11. The monoisotopic (exact) mass is 277 g/mol.